The third-order valence-electron chi connectivity index (χ3n) is 7.60. The van der Waals surface area contributed by atoms with Crippen LogP contribution in [0.4, 0.5) is 0 Å². The molecule has 1 fully saturated rings. The van der Waals surface area contributed by atoms with E-state index in [-0.39, 0.29) is 19.8 Å². The summed E-state index contributed by atoms with van der Waals surface area (Å²) >= 11 is 0. The second-order valence-corrected chi connectivity index (χ2v) is 12.9. The van der Waals surface area contributed by atoms with Crippen molar-refractivity contribution in [3.63, 3.8) is 0 Å². The van der Waals surface area contributed by atoms with Crippen LogP contribution in [0.3, 0.4) is 0 Å². The van der Waals surface area contributed by atoms with Crippen molar-refractivity contribution >= 4 is 13.7 Å². The van der Waals surface area contributed by atoms with Gasteiger partial charge in [-0.3, -0.25) is 18.4 Å². The van der Waals surface area contributed by atoms with Crippen molar-refractivity contribution in [1.82, 2.24) is 4.90 Å². The fourth-order valence-corrected chi connectivity index (χ4v) is 5.98. The number of hydrogen-bond donors (Lipinski definition) is 3. The van der Waals surface area contributed by atoms with Crippen molar-refractivity contribution in [1.29, 1.82) is 0 Å². The predicted molar refractivity (Wildman–Crippen MR) is 161 cm³/mol. The van der Waals surface area contributed by atoms with E-state index >= 15 is 0 Å². The monoisotopic (exact) mass is 618 g/mol. The first-order valence-corrected chi connectivity index (χ1v) is 17.2. The topological polar surface area (TPSA) is 150 Å². The number of aliphatic hydroxyl groups excluding tert-OH is 2. The Morgan fingerprint density at radius 2 is 1.52 bits per heavy atom. The van der Waals surface area contributed by atoms with E-state index in [9.17, 15) is 19.6 Å². The Bertz CT molecular complexity index is 857. The lowest BCUT2D eigenvalue weighted by Gasteiger charge is -2.31. The fourth-order valence-electron chi connectivity index (χ4n) is 5.02. The Labute approximate surface area is 252 Å². The normalized spacial score (nSPS) is 23.7. The number of rotatable bonds is 25. The van der Waals surface area contributed by atoms with E-state index in [2.05, 4.69) is 6.92 Å². The van der Waals surface area contributed by atoms with Crippen molar-refractivity contribution in [2.45, 2.75) is 121 Å². The molecule has 2 heterocycles. The van der Waals surface area contributed by atoms with Gasteiger partial charge >= 0.3 is 7.82 Å². The summed E-state index contributed by atoms with van der Waals surface area (Å²) < 4.78 is 39.9. The van der Waals surface area contributed by atoms with E-state index in [0.29, 0.717) is 25.2 Å². The number of allylic oxidation sites excluding steroid dienone is 2. The smallest absolute Gasteiger partial charge is 0.387 e. The summed E-state index contributed by atoms with van der Waals surface area (Å²) in [6.07, 6.45) is 17.8. The van der Waals surface area contributed by atoms with Gasteiger partial charge in [-0.1, -0.05) is 90.0 Å². The van der Waals surface area contributed by atoms with E-state index in [1.165, 1.54) is 84.2 Å². The highest BCUT2D eigenvalue weighted by Gasteiger charge is 2.46. The fraction of sp³-hybridized carbons (Fsp3) is 0.833. The molecule has 0 saturated carbocycles. The number of primary amides is 1. The SMILES string of the molecule is CCCCCCCCCCCCCCCOCCCOP(=O)(OC)OCC1OC(N2C=CC=C(C(N)=O)C2)C(O)C1O. The second kappa shape index (κ2) is 21.4. The lowest BCUT2D eigenvalue weighted by molar-refractivity contribution is -0.115. The van der Waals surface area contributed by atoms with Crippen molar-refractivity contribution in [3.8, 4) is 0 Å². The molecule has 0 aliphatic carbocycles. The van der Waals surface area contributed by atoms with Gasteiger partial charge in [0.05, 0.1) is 19.8 Å². The molecule has 0 radical (unpaired) electrons. The van der Waals surface area contributed by atoms with Gasteiger partial charge in [-0.05, 0) is 18.9 Å². The van der Waals surface area contributed by atoms with Gasteiger partial charge in [0.25, 0.3) is 0 Å². The number of carbonyl (C=O) groups is 1. The van der Waals surface area contributed by atoms with E-state index in [1.54, 1.807) is 23.3 Å². The van der Waals surface area contributed by atoms with Gasteiger partial charge in [0, 0.05) is 32.1 Å². The molecule has 2 aliphatic heterocycles. The quantitative estimate of drug-likeness (QED) is 0.0946. The van der Waals surface area contributed by atoms with Gasteiger partial charge in [0.2, 0.25) is 5.91 Å². The van der Waals surface area contributed by atoms with Crippen molar-refractivity contribution < 1.29 is 42.6 Å². The number of phosphoric ester groups is 1. The molecule has 2 rings (SSSR count). The van der Waals surface area contributed by atoms with Crippen LogP contribution in [0.25, 0.3) is 0 Å². The zero-order valence-corrected chi connectivity index (χ0v) is 26.6. The zero-order valence-electron chi connectivity index (χ0n) is 25.7. The Balaban J connectivity index is 1.50. The third kappa shape index (κ3) is 14.0. The van der Waals surface area contributed by atoms with Gasteiger partial charge in [-0.2, -0.15) is 0 Å². The molecule has 0 bridgehead atoms. The van der Waals surface area contributed by atoms with E-state index in [1.807, 2.05) is 0 Å². The van der Waals surface area contributed by atoms with Crippen molar-refractivity contribution in [2.75, 3.05) is 40.1 Å². The highest BCUT2D eigenvalue weighted by molar-refractivity contribution is 7.48. The minimum absolute atomic E-state index is 0.115. The van der Waals surface area contributed by atoms with Crippen LogP contribution in [0.2, 0.25) is 0 Å². The highest BCUT2D eigenvalue weighted by atomic mass is 31.2. The van der Waals surface area contributed by atoms with Gasteiger partial charge in [0.15, 0.2) is 6.23 Å². The summed E-state index contributed by atoms with van der Waals surface area (Å²) in [5, 5.41) is 20.9. The second-order valence-electron chi connectivity index (χ2n) is 11.1. The molecule has 5 atom stereocenters. The van der Waals surface area contributed by atoms with Crippen molar-refractivity contribution in [3.05, 3.63) is 23.9 Å². The Hall–Kier alpha value is -1.30. The maximum absolute atomic E-state index is 12.8. The third-order valence-corrected chi connectivity index (χ3v) is 9.01. The van der Waals surface area contributed by atoms with Gasteiger partial charge < -0.3 is 30.3 Å². The van der Waals surface area contributed by atoms with Crippen LogP contribution in [0, 0.1) is 0 Å². The van der Waals surface area contributed by atoms with Crippen LogP contribution in [-0.2, 0) is 32.4 Å². The first-order valence-electron chi connectivity index (χ1n) is 15.8. The minimum atomic E-state index is -3.89. The van der Waals surface area contributed by atoms with Crippen LogP contribution < -0.4 is 5.73 Å². The Morgan fingerprint density at radius 1 is 0.929 bits per heavy atom. The first-order chi connectivity index (χ1) is 20.3. The maximum Gasteiger partial charge on any atom is 0.474 e. The number of nitrogens with two attached hydrogens (primary N) is 1. The molecular weight excluding hydrogens is 563 g/mol. The molecule has 1 saturated heterocycles. The van der Waals surface area contributed by atoms with Crippen LogP contribution in [-0.4, -0.2) is 85.6 Å². The molecule has 2 aliphatic rings. The molecule has 1 amide bonds. The summed E-state index contributed by atoms with van der Waals surface area (Å²) in [6, 6.07) is 0. The molecule has 0 spiro atoms. The number of hydrogen-bond acceptors (Lipinski definition) is 10. The Morgan fingerprint density at radius 3 is 2.12 bits per heavy atom. The number of aliphatic hydroxyl groups is 2. The number of phosphoric acid groups is 1. The standard InChI is InChI=1S/C30H55N2O9P/c1-3-4-5-6-7-8-9-10-11-12-13-14-15-20-38-21-17-22-39-42(36,37-2)40-24-26-27(33)28(34)30(41-26)32-19-16-18-25(23-32)29(31)35/h16,18-19,26-28,30,33-34H,3-15,17,20-24H2,1-2H3,(H2,31,35). The lowest BCUT2D eigenvalue weighted by Crippen LogP contribution is -2.43. The summed E-state index contributed by atoms with van der Waals surface area (Å²) in [4.78, 5) is 13.0. The average Bonchev–Trinajstić information content (AvgIpc) is 3.28. The first kappa shape index (κ1) is 36.9. The van der Waals surface area contributed by atoms with E-state index < -0.39 is 38.3 Å². The van der Waals surface area contributed by atoms with Crippen LogP contribution >= 0.6 is 7.82 Å². The van der Waals surface area contributed by atoms with E-state index in [4.69, 9.17) is 28.8 Å². The Kier molecular flexibility index (Phi) is 18.8. The van der Waals surface area contributed by atoms with Crippen LogP contribution in [0.15, 0.2) is 23.9 Å². The highest BCUT2D eigenvalue weighted by Crippen LogP contribution is 2.49. The molecule has 0 aromatic carbocycles. The molecular formula is C30H55N2O9P. The molecule has 5 unspecified atom stereocenters. The molecule has 4 N–H and O–H groups in total. The predicted octanol–water partition coefficient (Wildman–Crippen LogP) is 4.96. The number of ether oxygens (including phenoxy) is 2. The molecule has 244 valence electrons. The minimum Gasteiger partial charge on any atom is -0.387 e. The average molecular weight is 619 g/mol. The molecule has 0 aromatic heterocycles. The van der Waals surface area contributed by atoms with E-state index in [0.717, 1.165) is 6.42 Å². The van der Waals surface area contributed by atoms with Crippen LogP contribution in [0.1, 0.15) is 96.8 Å². The van der Waals surface area contributed by atoms with Crippen molar-refractivity contribution in [2.24, 2.45) is 5.73 Å². The maximum atomic E-state index is 12.8. The number of amides is 1. The lowest BCUT2D eigenvalue weighted by atomic mass is 10.0. The van der Waals surface area contributed by atoms with Gasteiger partial charge in [-0.25, -0.2) is 4.57 Å². The molecule has 11 nitrogen and oxygen atoms in total. The number of nitrogens with zero attached hydrogens (tertiary/aromatic N) is 1. The summed E-state index contributed by atoms with van der Waals surface area (Å²) in [7, 11) is -2.68. The van der Waals surface area contributed by atoms with Gasteiger partial charge in [0.1, 0.15) is 18.3 Å². The zero-order chi connectivity index (χ0) is 30.6. The van der Waals surface area contributed by atoms with Gasteiger partial charge in [-0.15, -0.1) is 0 Å². The summed E-state index contributed by atoms with van der Waals surface area (Å²) in [5.41, 5.74) is 5.69. The number of unbranched alkanes of at least 4 members (excludes halogenated alkanes) is 12. The van der Waals surface area contributed by atoms with Crippen LogP contribution in [0.5, 0.6) is 0 Å². The number of carbonyl (C=O) groups excluding carboxylic acids is 1. The molecule has 0 aromatic rings. The summed E-state index contributed by atoms with van der Waals surface area (Å²) in [5.74, 6) is -0.583. The molecule has 42 heavy (non-hydrogen) atoms. The summed E-state index contributed by atoms with van der Waals surface area (Å²) in [6.45, 7) is 3.34. The molecule has 12 heteroatoms. The largest absolute Gasteiger partial charge is 0.474 e.